The fourth-order valence-corrected chi connectivity index (χ4v) is 5.21. The number of halogens is 3. The SMILES string of the molecule is CC(C)(C)C(=O)[C@@H](OCc1ccc2ccccc2c1)[C@@H]1OC(CO)[C@H](O)[C@H](n2cc(-c3cc(F)c(F)c(F)c3)nn2)C1O. The number of aromatic nitrogens is 3. The Labute approximate surface area is 245 Å². The summed E-state index contributed by atoms with van der Waals surface area (Å²) in [6.07, 6.45) is -5.87. The van der Waals surface area contributed by atoms with E-state index in [-0.39, 0.29) is 23.6 Å². The second-order valence-electron chi connectivity index (χ2n) is 11.7. The number of Topliss-reactive ketones (excluding diaryl/α,β-unsaturated/α-hetero) is 1. The number of carbonyl (C=O) groups is 1. The molecule has 0 spiro atoms. The molecule has 1 saturated heterocycles. The van der Waals surface area contributed by atoms with Crippen molar-refractivity contribution < 1.29 is 42.8 Å². The van der Waals surface area contributed by atoms with Crippen molar-refractivity contribution in [1.82, 2.24) is 15.0 Å². The Bertz CT molecular complexity index is 1600. The molecule has 5 rings (SSSR count). The molecule has 43 heavy (non-hydrogen) atoms. The highest BCUT2D eigenvalue weighted by Gasteiger charge is 2.51. The highest BCUT2D eigenvalue weighted by atomic mass is 19.2. The third-order valence-electron chi connectivity index (χ3n) is 7.56. The molecule has 1 aliphatic heterocycles. The first-order chi connectivity index (χ1) is 20.4. The van der Waals surface area contributed by atoms with Gasteiger partial charge in [0.25, 0.3) is 0 Å². The van der Waals surface area contributed by atoms with Crippen LogP contribution in [0.4, 0.5) is 13.2 Å². The van der Waals surface area contributed by atoms with Crippen LogP contribution in [0.1, 0.15) is 32.4 Å². The van der Waals surface area contributed by atoms with Crippen LogP contribution in [-0.2, 0) is 20.9 Å². The summed E-state index contributed by atoms with van der Waals surface area (Å²) < 4.78 is 54.3. The van der Waals surface area contributed by atoms with Gasteiger partial charge < -0.3 is 24.8 Å². The molecular weight excluding hydrogens is 567 g/mol. The summed E-state index contributed by atoms with van der Waals surface area (Å²) in [6.45, 7) is 4.40. The summed E-state index contributed by atoms with van der Waals surface area (Å²) in [5, 5.41) is 42.4. The molecule has 1 aromatic heterocycles. The van der Waals surface area contributed by atoms with Crippen molar-refractivity contribution in [3.8, 4) is 11.3 Å². The summed E-state index contributed by atoms with van der Waals surface area (Å²) >= 11 is 0. The van der Waals surface area contributed by atoms with E-state index < -0.39 is 66.0 Å². The van der Waals surface area contributed by atoms with Crippen LogP contribution in [-0.4, -0.2) is 73.2 Å². The summed E-state index contributed by atoms with van der Waals surface area (Å²) in [4.78, 5) is 13.7. The van der Waals surface area contributed by atoms with Crippen molar-refractivity contribution in [2.24, 2.45) is 5.41 Å². The Morgan fingerprint density at radius 3 is 2.35 bits per heavy atom. The maximum Gasteiger partial charge on any atom is 0.194 e. The van der Waals surface area contributed by atoms with Crippen molar-refractivity contribution in [1.29, 1.82) is 0 Å². The van der Waals surface area contributed by atoms with E-state index in [4.69, 9.17) is 9.47 Å². The Morgan fingerprint density at radius 2 is 1.70 bits per heavy atom. The van der Waals surface area contributed by atoms with Gasteiger partial charge in [0.05, 0.1) is 19.4 Å². The molecule has 1 fully saturated rings. The maximum absolute atomic E-state index is 13.9. The van der Waals surface area contributed by atoms with Gasteiger partial charge in [-0.2, -0.15) is 0 Å². The minimum atomic E-state index is -1.64. The zero-order valence-corrected chi connectivity index (χ0v) is 23.7. The number of ether oxygens (including phenoxy) is 2. The molecule has 0 radical (unpaired) electrons. The lowest BCUT2D eigenvalue weighted by Gasteiger charge is -2.45. The average molecular weight is 600 g/mol. The first kappa shape index (κ1) is 30.8. The van der Waals surface area contributed by atoms with Gasteiger partial charge in [0.15, 0.2) is 23.2 Å². The Balaban J connectivity index is 1.46. The number of ketones is 1. The lowest BCUT2D eigenvalue weighted by atomic mass is 9.81. The van der Waals surface area contributed by atoms with Gasteiger partial charge in [-0.3, -0.25) is 4.79 Å². The lowest BCUT2D eigenvalue weighted by molar-refractivity contribution is -0.236. The normalized spacial score (nSPS) is 23.4. The van der Waals surface area contributed by atoms with Crippen molar-refractivity contribution in [2.75, 3.05) is 6.61 Å². The van der Waals surface area contributed by atoms with Crippen molar-refractivity contribution in [3.05, 3.63) is 83.8 Å². The van der Waals surface area contributed by atoms with Gasteiger partial charge in [0.1, 0.15) is 42.3 Å². The highest BCUT2D eigenvalue weighted by molar-refractivity contribution is 5.88. The standard InChI is InChI=1S/C31H32F3N3O6/c1-31(2,3)30(41)29(42-15-16-8-9-17-6-4-5-7-18(17)10-16)28-27(40)25(26(39)23(14-38)43-28)37-13-22(35-36-37)19-11-20(32)24(34)21(33)12-19/h4-13,23,25-29,38-40H,14-15H2,1-3H3/t23?,25-,26-,27?,28+,29-/m0/s1. The fourth-order valence-electron chi connectivity index (χ4n) is 5.21. The molecule has 4 aromatic rings. The van der Waals surface area contributed by atoms with E-state index >= 15 is 0 Å². The number of benzene rings is 3. The maximum atomic E-state index is 13.9. The molecule has 6 atom stereocenters. The molecule has 228 valence electrons. The molecule has 3 N–H and O–H groups in total. The molecule has 1 aliphatic rings. The number of rotatable bonds is 8. The van der Waals surface area contributed by atoms with Gasteiger partial charge in [-0.1, -0.05) is 62.4 Å². The molecule has 0 saturated carbocycles. The van der Waals surface area contributed by atoms with Crippen molar-refractivity contribution in [3.63, 3.8) is 0 Å². The van der Waals surface area contributed by atoms with Crippen LogP contribution in [0.15, 0.2) is 60.8 Å². The molecule has 0 bridgehead atoms. The molecule has 2 heterocycles. The van der Waals surface area contributed by atoms with E-state index in [1.165, 1.54) is 6.20 Å². The molecule has 9 nitrogen and oxygen atoms in total. The van der Waals surface area contributed by atoms with Crippen LogP contribution in [0.3, 0.4) is 0 Å². The van der Waals surface area contributed by atoms with Crippen LogP contribution in [0.2, 0.25) is 0 Å². The molecule has 3 aromatic carbocycles. The quantitative estimate of drug-likeness (QED) is 0.262. The smallest absolute Gasteiger partial charge is 0.194 e. The predicted octanol–water partition coefficient (Wildman–Crippen LogP) is 3.74. The van der Waals surface area contributed by atoms with Crippen LogP contribution in [0, 0.1) is 22.9 Å². The summed E-state index contributed by atoms with van der Waals surface area (Å²) in [5.41, 5.74) is -0.357. The molecule has 12 heteroatoms. The van der Waals surface area contributed by atoms with Gasteiger partial charge in [0.2, 0.25) is 0 Å². The van der Waals surface area contributed by atoms with Gasteiger partial charge in [0, 0.05) is 11.0 Å². The second-order valence-corrected chi connectivity index (χ2v) is 11.7. The number of hydrogen-bond donors (Lipinski definition) is 3. The summed E-state index contributed by atoms with van der Waals surface area (Å²) in [5.74, 6) is -4.88. The first-order valence-corrected chi connectivity index (χ1v) is 13.7. The van der Waals surface area contributed by atoms with E-state index in [0.29, 0.717) is 0 Å². The van der Waals surface area contributed by atoms with E-state index in [0.717, 1.165) is 33.2 Å². The van der Waals surface area contributed by atoms with Gasteiger partial charge in [-0.25, -0.2) is 17.9 Å². The van der Waals surface area contributed by atoms with E-state index in [2.05, 4.69) is 10.3 Å². The topological polar surface area (TPSA) is 127 Å². The van der Waals surface area contributed by atoms with Crippen LogP contribution in [0.25, 0.3) is 22.0 Å². The van der Waals surface area contributed by atoms with Crippen LogP contribution < -0.4 is 0 Å². The average Bonchev–Trinajstić information content (AvgIpc) is 3.46. The zero-order valence-electron chi connectivity index (χ0n) is 23.7. The fraction of sp³-hybridized carbons (Fsp3) is 0.387. The number of aliphatic hydroxyl groups excluding tert-OH is 3. The highest BCUT2D eigenvalue weighted by Crippen LogP contribution is 2.35. The minimum absolute atomic E-state index is 0.00389. The van der Waals surface area contributed by atoms with E-state index in [1.54, 1.807) is 20.8 Å². The van der Waals surface area contributed by atoms with Crippen LogP contribution in [0.5, 0.6) is 0 Å². The van der Waals surface area contributed by atoms with Gasteiger partial charge >= 0.3 is 0 Å². The number of aliphatic hydroxyl groups is 3. The summed E-state index contributed by atoms with van der Waals surface area (Å²) in [6, 6.07) is 13.6. The van der Waals surface area contributed by atoms with Crippen LogP contribution >= 0.6 is 0 Å². The minimum Gasteiger partial charge on any atom is -0.394 e. The second kappa shape index (κ2) is 12.1. The zero-order chi connectivity index (χ0) is 31.1. The Hall–Kier alpha value is -3.68. The monoisotopic (exact) mass is 599 g/mol. The van der Waals surface area contributed by atoms with Gasteiger partial charge in [-0.05, 0) is 34.5 Å². The molecule has 0 amide bonds. The number of fused-ring (bicyclic) bond motifs is 1. The van der Waals surface area contributed by atoms with Crippen molar-refractivity contribution in [2.45, 2.75) is 63.9 Å². The third kappa shape index (κ3) is 6.20. The number of nitrogens with zero attached hydrogens (tertiary/aromatic N) is 3. The predicted molar refractivity (Wildman–Crippen MR) is 149 cm³/mol. The van der Waals surface area contributed by atoms with Gasteiger partial charge in [-0.15, -0.1) is 5.10 Å². The van der Waals surface area contributed by atoms with E-state index in [1.807, 2.05) is 42.5 Å². The third-order valence-corrected chi connectivity index (χ3v) is 7.56. The molecule has 0 aliphatic carbocycles. The molecule has 2 unspecified atom stereocenters. The molecular formula is C31H32F3N3O6. The Morgan fingerprint density at radius 1 is 1.02 bits per heavy atom. The Kier molecular flexibility index (Phi) is 8.68. The number of carbonyl (C=O) groups excluding carboxylic acids is 1. The largest absolute Gasteiger partial charge is 0.394 e. The van der Waals surface area contributed by atoms with Crippen molar-refractivity contribution >= 4 is 16.6 Å². The summed E-state index contributed by atoms with van der Waals surface area (Å²) in [7, 11) is 0. The lowest BCUT2D eigenvalue weighted by Crippen LogP contribution is -2.61. The number of hydrogen-bond acceptors (Lipinski definition) is 8. The first-order valence-electron chi connectivity index (χ1n) is 13.7. The van der Waals surface area contributed by atoms with E-state index in [9.17, 15) is 33.3 Å².